The molecule has 2 N–H and O–H groups in total. The zero-order chi connectivity index (χ0) is 14.0. The summed E-state index contributed by atoms with van der Waals surface area (Å²) in [7, 11) is 1.91. The minimum Gasteiger partial charge on any atom is -0.478 e. The lowest BCUT2D eigenvalue weighted by Gasteiger charge is -2.29. The number of quaternary nitrogens is 1. The predicted molar refractivity (Wildman–Crippen MR) is 71.9 cm³/mol. The van der Waals surface area contributed by atoms with E-state index in [0.717, 1.165) is 24.2 Å². The van der Waals surface area contributed by atoms with Gasteiger partial charge in [-0.15, -0.1) is 0 Å². The number of hydrogen-bond acceptors (Lipinski definition) is 3. The number of amides is 1. The van der Waals surface area contributed by atoms with Gasteiger partial charge < -0.3 is 10.4 Å². The van der Waals surface area contributed by atoms with Crippen LogP contribution in [-0.2, 0) is 11.3 Å². The lowest BCUT2D eigenvalue weighted by molar-refractivity contribution is -0.847. The summed E-state index contributed by atoms with van der Waals surface area (Å²) in [6.45, 7) is 3.63. The van der Waals surface area contributed by atoms with E-state index in [0.29, 0.717) is 11.0 Å². The van der Waals surface area contributed by atoms with Crippen molar-refractivity contribution < 1.29 is 19.2 Å². The summed E-state index contributed by atoms with van der Waals surface area (Å²) >= 11 is 0. The summed E-state index contributed by atoms with van der Waals surface area (Å²) in [5, 5.41) is 12.1. The Labute approximate surface area is 112 Å². The summed E-state index contributed by atoms with van der Waals surface area (Å²) in [4.78, 5) is 23.2. The minimum absolute atomic E-state index is 0.134. The Balaban J connectivity index is 2.41. The van der Waals surface area contributed by atoms with Gasteiger partial charge in [0, 0.05) is 11.3 Å². The fraction of sp³-hybridized carbons (Fsp3) is 0.429. The molecule has 1 amide bonds. The maximum absolute atomic E-state index is 12.2. The first-order valence-electron chi connectivity index (χ1n) is 6.44. The van der Waals surface area contributed by atoms with E-state index in [-0.39, 0.29) is 18.0 Å². The van der Waals surface area contributed by atoms with Crippen LogP contribution in [0.5, 0.6) is 0 Å². The van der Waals surface area contributed by atoms with Gasteiger partial charge >= 0.3 is 11.9 Å². The van der Waals surface area contributed by atoms with Crippen molar-refractivity contribution in [3.05, 3.63) is 29.3 Å². The Kier molecular flexibility index (Phi) is 3.57. The third kappa shape index (κ3) is 2.61. The van der Waals surface area contributed by atoms with E-state index in [2.05, 4.69) is 5.32 Å². The topological polar surface area (TPSA) is 66.4 Å². The van der Waals surface area contributed by atoms with Crippen molar-refractivity contribution in [2.45, 2.75) is 19.9 Å². The number of nitrogens with zero attached hydrogens (tertiary/aromatic N) is 1. The first-order valence-corrected chi connectivity index (χ1v) is 6.44. The third-order valence-electron chi connectivity index (χ3n) is 3.62. The van der Waals surface area contributed by atoms with Crippen molar-refractivity contribution in [2.75, 3.05) is 25.5 Å². The maximum Gasteiger partial charge on any atom is 0.335 e. The van der Waals surface area contributed by atoms with Crippen molar-refractivity contribution in [1.82, 2.24) is 0 Å². The molecule has 102 valence electrons. The standard InChI is InChI=1S/C14H18N2O3/c1-3-6-16(2)9-11-7-10(14(18)19)4-5-12(11)15-8-13(16)17/h4-5,7,15H,3,6,8-9H2,1-2H3/p+1. The zero-order valence-corrected chi connectivity index (χ0v) is 11.3. The number of carbonyl (C=O) groups excluding carboxylic acids is 1. The molecule has 0 spiro atoms. The second-order valence-electron chi connectivity index (χ2n) is 5.20. The fourth-order valence-electron chi connectivity index (χ4n) is 2.55. The first kappa shape index (κ1) is 13.5. The molecule has 1 unspecified atom stereocenters. The summed E-state index contributed by atoms with van der Waals surface area (Å²) in [6.07, 6.45) is 0.913. The Morgan fingerprint density at radius 1 is 1.47 bits per heavy atom. The van der Waals surface area contributed by atoms with Gasteiger partial charge in [-0.1, -0.05) is 6.92 Å². The molecule has 1 atom stereocenters. The van der Waals surface area contributed by atoms with E-state index in [1.807, 2.05) is 14.0 Å². The summed E-state index contributed by atoms with van der Waals surface area (Å²) in [5.41, 5.74) is 2.01. The molecule has 1 aromatic rings. The largest absolute Gasteiger partial charge is 0.478 e. The maximum atomic E-state index is 12.2. The monoisotopic (exact) mass is 263 g/mol. The van der Waals surface area contributed by atoms with Gasteiger partial charge in [0.05, 0.1) is 19.2 Å². The average Bonchev–Trinajstić information content (AvgIpc) is 2.47. The highest BCUT2D eigenvalue weighted by molar-refractivity contribution is 5.89. The van der Waals surface area contributed by atoms with E-state index in [4.69, 9.17) is 5.11 Å². The van der Waals surface area contributed by atoms with Gasteiger partial charge in [-0.2, -0.15) is 0 Å². The molecular formula is C14H19N2O3+. The minimum atomic E-state index is -0.942. The van der Waals surface area contributed by atoms with Crippen LogP contribution in [0.3, 0.4) is 0 Å². The molecule has 0 fully saturated rings. The van der Waals surface area contributed by atoms with Crippen LogP contribution < -0.4 is 5.32 Å². The van der Waals surface area contributed by atoms with E-state index >= 15 is 0 Å². The number of hydrogen-bond donors (Lipinski definition) is 2. The van der Waals surface area contributed by atoms with Crippen molar-refractivity contribution in [3.8, 4) is 0 Å². The van der Waals surface area contributed by atoms with Gasteiger partial charge in [0.15, 0.2) is 0 Å². The van der Waals surface area contributed by atoms with Crippen LogP contribution in [-0.4, -0.2) is 41.6 Å². The molecule has 1 aliphatic heterocycles. The van der Waals surface area contributed by atoms with Gasteiger partial charge in [-0.25, -0.2) is 9.59 Å². The number of aromatic carboxylic acids is 1. The van der Waals surface area contributed by atoms with Crippen LogP contribution in [0.1, 0.15) is 29.3 Å². The molecule has 19 heavy (non-hydrogen) atoms. The lowest BCUT2D eigenvalue weighted by Crippen LogP contribution is -2.50. The van der Waals surface area contributed by atoms with Crippen molar-refractivity contribution >= 4 is 17.6 Å². The summed E-state index contributed by atoms with van der Waals surface area (Å²) in [6, 6.07) is 4.97. The van der Waals surface area contributed by atoms with Gasteiger partial charge in [0.2, 0.25) is 0 Å². The number of nitrogens with one attached hydrogen (secondary N) is 1. The Morgan fingerprint density at radius 2 is 2.21 bits per heavy atom. The smallest absolute Gasteiger partial charge is 0.335 e. The van der Waals surface area contributed by atoms with Crippen LogP contribution in [0.25, 0.3) is 0 Å². The quantitative estimate of drug-likeness (QED) is 0.814. The molecule has 0 saturated heterocycles. The fourth-order valence-corrected chi connectivity index (χ4v) is 2.55. The highest BCUT2D eigenvalue weighted by Crippen LogP contribution is 2.25. The molecular weight excluding hydrogens is 244 g/mol. The van der Waals surface area contributed by atoms with Crippen LogP contribution in [0.15, 0.2) is 18.2 Å². The number of anilines is 1. The average molecular weight is 263 g/mol. The van der Waals surface area contributed by atoms with E-state index in [9.17, 15) is 9.59 Å². The molecule has 0 radical (unpaired) electrons. The molecule has 0 saturated carbocycles. The van der Waals surface area contributed by atoms with Crippen molar-refractivity contribution in [1.29, 1.82) is 0 Å². The number of rotatable bonds is 3. The molecule has 1 aromatic carbocycles. The number of fused-ring (bicyclic) bond motifs is 1. The Bertz CT molecular complexity index is 527. The lowest BCUT2D eigenvalue weighted by atomic mass is 10.1. The molecule has 1 heterocycles. The number of carbonyl (C=O) groups is 2. The van der Waals surface area contributed by atoms with E-state index < -0.39 is 5.97 Å². The molecule has 0 aromatic heterocycles. The van der Waals surface area contributed by atoms with Crippen molar-refractivity contribution in [2.24, 2.45) is 0 Å². The van der Waals surface area contributed by atoms with Crippen molar-refractivity contribution in [3.63, 3.8) is 0 Å². The van der Waals surface area contributed by atoms with Gasteiger partial charge in [0.1, 0.15) is 13.1 Å². The SMILES string of the molecule is CCC[N+]1(C)Cc2cc(C(=O)O)ccc2NCC1=O. The summed E-state index contributed by atoms with van der Waals surface area (Å²) in [5.74, 6) is -0.807. The number of likely N-dealkylation sites (N-methyl/N-ethyl adjacent to an activating group) is 1. The van der Waals surface area contributed by atoms with E-state index in [1.165, 1.54) is 0 Å². The van der Waals surface area contributed by atoms with Crippen LogP contribution in [0, 0.1) is 0 Å². The van der Waals surface area contributed by atoms with Crippen LogP contribution in [0.2, 0.25) is 0 Å². The Hall–Kier alpha value is -1.88. The molecule has 0 bridgehead atoms. The van der Waals surface area contributed by atoms with Gasteiger partial charge in [0.25, 0.3) is 0 Å². The van der Waals surface area contributed by atoms with Crippen LogP contribution in [0.4, 0.5) is 5.69 Å². The summed E-state index contributed by atoms with van der Waals surface area (Å²) < 4.78 is 0.319. The highest BCUT2D eigenvalue weighted by atomic mass is 16.4. The molecule has 1 aliphatic rings. The number of carboxylic acid groups (broad SMARTS) is 1. The molecule has 0 aliphatic carbocycles. The highest BCUT2D eigenvalue weighted by Gasteiger charge is 2.34. The normalized spacial score (nSPS) is 22.3. The molecule has 5 heteroatoms. The zero-order valence-electron chi connectivity index (χ0n) is 11.3. The first-order chi connectivity index (χ1) is 8.96. The van der Waals surface area contributed by atoms with Crippen LogP contribution >= 0.6 is 0 Å². The second-order valence-corrected chi connectivity index (χ2v) is 5.20. The molecule has 5 nitrogen and oxygen atoms in total. The second kappa shape index (κ2) is 5.01. The van der Waals surface area contributed by atoms with Gasteiger partial charge in [-0.05, 0) is 24.6 Å². The van der Waals surface area contributed by atoms with E-state index in [1.54, 1.807) is 18.2 Å². The number of carboxylic acids is 1. The Morgan fingerprint density at radius 3 is 2.84 bits per heavy atom. The molecule has 2 rings (SSSR count). The van der Waals surface area contributed by atoms with Gasteiger partial charge in [-0.3, -0.25) is 4.48 Å². The predicted octanol–water partition coefficient (Wildman–Crippen LogP) is 1.69. The third-order valence-corrected chi connectivity index (χ3v) is 3.62. The number of benzene rings is 1.